The lowest BCUT2D eigenvalue weighted by Gasteiger charge is -2.18. The van der Waals surface area contributed by atoms with Gasteiger partial charge in [0.2, 0.25) is 0 Å². The number of hydrogen-bond acceptors (Lipinski definition) is 2. The van der Waals surface area contributed by atoms with Gasteiger partial charge in [0.25, 0.3) is 0 Å². The fraction of sp³-hybridized carbons (Fsp3) is 0.357. The second-order valence-corrected chi connectivity index (χ2v) is 6.41. The van der Waals surface area contributed by atoms with E-state index >= 15 is 0 Å². The number of hydrogen-bond donors (Lipinski definition) is 1. The summed E-state index contributed by atoms with van der Waals surface area (Å²) in [4.78, 5) is 0. The summed E-state index contributed by atoms with van der Waals surface area (Å²) in [5, 5.41) is 8.87. The van der Waals surface area contributed by atoms with Crippen molar-refractivity contribution in [3.63, 3.8) is 0 Å². The van der Waals surface area contributed by atoms with Crippen LogP contribution in [0.4, 0.5) is 5.69 Å². The number of aryl methyl sites for hydroxylation is 2. The Morgan fingerprint density at radius 1 is 1.25 bits per heavy atom. The molecule has 0 fully saturated rings. The lowest BCUT2D eigenvalue weighted by atomic mass is 10.1. The maximum Gasteiger partial charge on any atom is 0.0835 e. The van der Waals surface area contributed by atoms with E-state index in [1.165, 1.54) is 5.56 Å². The minimum absolute atomic E-state index is 0.0958. The molecule has 0 bridgehead atoms. The molecular formula is C14H16BrCl2N3. The molecule has 20 heavy (non-hydrogen) atoms. The number of nitrogens with one attached hydrogen (secondary N) is 1. The van der Waals surface area contributed by atoms with Gasteiger partial charge in [-0.25, -0.2) is 0 Å². The Labute approximate surface area is 137 Å². The van der Waals surface area contributed by atoms with Gasteiger partial charge in [-0.05, 0) is 48.8 Å². The van der Waals surface area contributed by atoms with Crippen LogP contribution in [0, 0.1) is 13.8 Å². The first-order valence-corrected chi connectivity index (χ1v) is 7.78. The molecule has 3 nitrogen and oxygen atoms in total. The van der Waals surface area contributed by atoms with Crippen molar-refractivity contribution in [2.75, 3.05) is 5.32 Å². The van der Waals surface area contributed by atoms with E-state index in [2.05, 4.69) is 40.2 Å². The minimum Gasteiger partial charge on any atom is -0.377 e. The number of benzene rings is 1. The summed E-state index contributed by atoms with van der Waals surface area (Å²) in [7, 11) is 1.95. The van der Waals surface area contributed by atoms with Crippen molar-refractivity contribution in [3.8, 4) is 0 Å². The quantitative estimate of drug-likeness (QED) is 0.738. The van der Waals surface area contributed by atoms with E-state index in [0.29, 0.717) is 10.0 Å². The van der Waals surface area contributed by atoms with Crippen molar-refractivity contribution < 1.29 is 0 Å². The highest BCUT2D eigenvalue weighted by Crippen LogP contribution is 2.37. The Balaban J connectivity index is 2.33. The van der Waals surface area contributed by atoms with Gasteiger partial charge in [0.1, 0.15) is 0 Å². The van der Waals surface area contributed by atoms with Gasteiger partial charge in [0, 0.05) is 22.8 Å². The molecule has 0 saturated heterocycles. The zero-order valence-electron chi connectivity index (χ0n) is 11.8. The zero-order valence-corrected chi connectivity index (χ0v) is 14.9. The summed E-state index contributed by atoms with van der Waals surface area (Å²) in [5.41, 5.74) is 4.16. The summed E-state index contributed by atoms with van der Waals surface area (Å²) in [6.07, 6.45) is 0. The third kappa shape index (κ3) is 2.83. The molecule has 108 valence electrons. The van der Waals surface area contributed by atoms with Crippen LogP contribution in [0.3, 0.4) is 0 Å². The predicted molar refractivity (Wildman–Crippen MR) is 88.9 cm³/mol. The van der Waals surface area contributed by atoms with E-state index in [0.717, 1.165) is 21.5 Å². The molecule has 2 aromatic rings. The lowest BCUT2D eigenvalue weighted by molar-refractivity contribution is 0.728. The van der Waals surface area contributed by atoms with Crippen molar-refractivity contribution in [1.29, 1.82) is 0 Å². The number of aromatic nitrogens is 2. The van der Waals surface area contributed by atoms with Gasteiger partial charge in [-0.2, -0.15) is 5.10 Å². The van der Waals surface area contributed by atoms with E-state index in [9.17, 15) is 0 Å². The highest BCUT2D eigenvalue weighted by molar-refractivity contribution is 9.10. The summed E-state index contributed by atoms with van der Waals surface area (Å²) >= 11 is 15.8. The summed E-state index contributed by atoms with van der Waals surface area (Å²) < 4.78 is 2.68. The molecule has 0 amide bonds. The third-order valence-corrected chi connectivity index (χ3v) is 5.18. The average molecular weight is 377 g/mol. The molecule has 0 aliphatic carbocycles. The van der Waals surface area contributed by atoms with Crippen LogP contribution in [0.25, 0.3) is 0 Å². The van der Waals surface area contributed by atoms with Crippen LogP contribution in [0.1, 0.15) is 29.9 Å². The van der Waals surface area contributed by atoms with E-state index < -0.39 is 0 Å². The first-order chi connectivity index (χ1) is 9.32. The highest BCUT2D eigenvalue weighted by atomic mass is 79.9. The molecule has 0 aliphatic heterocycles. The minimum atomic E-state index is 0.0958. The van der Waals surface area contributed by atoms with Crippen LogP contribution < -0.4 is 5.32 Å². The molecule has 0 saturated carbocycles. The van der Waals surface area contributed by atoms with Crippen molar-refractivity contribution in [2.45, 2.75) is 26.8 Å². The van der Waals surface area contributed by atoms with Crippen molar-refractivity contribution in [3.05, 3.63) is 43.6 Å². The second-order valence-electron chi connectivity index (χ2n) is 4.80. The first-order valence-electron chi connectivity index (χ1n) is 6.23. The van der Waals surface area contributed by atoms with E-state index in [1.807, 2.05) is 30.8 Å². The topological polar surface area (TPSA) is 29.9 Å². The zero-order chi connectivity index (χ0) is 15.0. The fourth-order valence-corrected chi connectivity index (χ4v) is 3.19. The van der Waals surface area contributed by atoms with Gasteiger partial charge in [-0.1, -0.05) is 23.2 Å². The third-order valence-electron chi connectivity index (χ3n) is 3.41. The standard InChI is InChI=1S/C14H16BrCl2N3/c1-7(12-8(2)19-20(4)9(12)3)18-11-6-5-10(15)13(16)14(11)17/h5-7,18H,1-4H3. The molecule has 1 heterocycles. The summed E-state index contributed by atoms with van der Waals surface area (Å²) in [6.45, 7) is 6.16. The number of halogens is 3. The Bertz CT molecular complexity index is 652. The molecule has 0 radical (unpaired) electrons. The lowest BCUT2D eigenvalue weighted by Crippen LogP contribution is -2.09. The Morgan fingerprint density at radius 3 is 2.45 bits per heavy atom. The van der Waals surface area contributed by atoms with Gasteiger partial charge in [0.05, 0.1) is 27.5 Å². The summed E-state index contributed by atoms with van der Waals surface area (Å²) in [5.74, 6) is 0. The van der Waals surface area contributed by atoms with Crippen LogP contribution in [0.2, 0.25) is 10.0 Å². The number of nitrogens with zero attached hydrogens (tertiary/aromatic N) is 2. The molecule has 1 N–H and O–H groups in total. The molecule has 1 aromatic heterocycles. The van der Waals surface area contributed by atoms with E-state index in [4.69, 9.17) is 23.2 Å². The number of rotatable bonds is 3. The summed E-state index contributed by atoms with van der Waals surface area (Å²) in [6, 6.07) is 3.89. The van der Waals surface area contributed by atoms with Gasteiger partial charge in [-0.15, -0.1) is 0 Å². The first kappa shape index (κ1) is 15.7. The van der Waals surface area contributed by atoms with E-state index in [-0.39, 0.29) is 6.04 Å². The van der Waals surface area contributed by atoms with Gasteiger partial charge in [0.15, 0.2) is 0 Å². The van der Waals surface area contributed by atoms with Crippen LogP contribution in [-0.4, -0.2) is 9.78 Å². The average Bonchev–Trinajstić information content (AvgIpc) is 2.64. The SMILES string of the molecule is Cc1nn(C)c(C)c1C(C)Nc1ccc(Br)c(Cl)c1Cl. The van der Waals surface area contributed by atoms with Gasteiger partial charge >= 0.3 is 0 Å². The Kier molecular flexibility index (Phi) is 4.67. The molecule has 6 heteroatoms. The normalized spacial score (nSPS) is 12.6. The van der Waals surface area contributed by atoms with E-state index in [1.54, 1.807) is 0 Å². The number of anilines is 1. The van der Waals surface area contributed by atoms with Crippen LogP contribution >= 0.6 is 39.1 Å². The maximum atomic E-state index is 6.27. The van der Waals surface area contributed by atoms with Crippen molar-refractivity contribution in [2.24, 2.45) is 7.05 Å². The highest BCUT2D eigenvalue weighted by Gasteiger charge is 2.18. The van der Waals surface area contributed by atoms with Gasteiger partial charge in [-0.3, -0.25) is 4.68 Å². The molecule has 0 aliphatic rings. The monoisotopic (exact) mass is 375 g/mol. The Hall–Kier alpha value is -0.710. The smallest absolute Gasteiger partial charge is 0.0835 e. The maximum absolute atomic E-state index is 6.27. The molecule has 1 atom stereocenters. The Morgan fingerprint density at radius 2 is 1.90 bits per heavy atom. The van der Waals surface area contributed by atoms with Crippen LogP contribution in [-0.2, 0) is 7.05 Å². The molecular weight excluding hydrogens is 361 g/mol. The van der Waals surface area contributed by atoms with Crippen molar-refractivity contribution >= 4 is 44.8 Å². The van der Waals surface area contributed by atoms with Crippen LogP contribution in [0.5, 0.6) is 0 Å². The fourth-order valence-electron chi connectivity index (χ4n) is 2.36. The molecule has 1 aromatic carbocycles. The second kappa shape index (κ2) is 5.96. The largest absolute Gasteiger partial charge is 0.377 e. The molecule has 0 spiro atoms. The molecule has 2 rings (SSSR count). The predicted octanol–water partition coefficient (Wildman–Crippen LogP) is 5.28. The molecule has 1 unspecified atom stereocenters. The van der Waals surface area contributed by atoms with Crippen molar-refractivity contribution in [1.82, 2.24) is 9.78 Å². The van der Waals surface area contributed by atoms with Crippen LogP contribution in [0.15, 0.2) is 16.6 Å². The van der Waals surface area contributed by atoms with Gasteiger partial charge < -0.3 is 5.32 Å².